The molecule has 1 saturated carbocycles. The SMILES string of the molecule is Cc1cc(OCC(=O)N(CC(=O)O)CC2CC2)no1. The third-order valence-corrected chi connectivity index (χ3v) is 2.80. The molecule has 0 aliphatic heterocycles. The monoisotopic (exact) mass is 268 g/mol. The summed E-state index contributed by atoms with van der Waals surface area (Å²) in [5, 5.41) is 12.4. The highest BCUT2D eigenvalue weighted by Gasteiger charge is 2.28. The van der Waals surface area contributed by atoms with Gasteiger partial charge in [-0.1, -0.05) is 0 Å². The quantitative estimate of drug-likeness (QED) is 0.781. The Kier molecular flexibility index (Phi) is 4.03. The number of aromatic nitrogens is 1. The first-order valence-electron chi connectivity index (χ1n) is 6.10. The number of hydrogen-bond acceptors (Lipinski definition) is 5. The Labute approximate surface area is 110 Å². The second-order valence-electron chi connectivity index (χ2n) is 4.68. The van der Waals surface area contributed by atoms with E-state index < -0.39 is 5.97 Å². The molecule has 1 N–H and O–H groups in total. The van der Waals surface area contributed by atoms with Crippen LogP contribution >= 0.6 is 0 Å². The number of amides is 1. The minimum atomic E-state index is -1.02. The molecule has 0 atom stereocenters. The van der Waals surface area contributed by atoms with Crippen LogP contribution in [-0.2, 0) is 9.59 Å². The van der Waals surface area contributed by atoms with Crippen LogP contribution in [0.25, 0.3) is 0 Å². The minimum absolute atomic E-state index is 0.229. The van der Waals surface area contributed by atoms with Gasteiger partial charge in [0.15, 0.2) is 6.61 Å². The highest BCUT2D eigenvalue weighted by Crippen LogP contribution is 2.29. The summed E-state index contributed by atoms with van der Waals surface area (Å²) >= 11 is 0. The summed E-state index contributed by atoms with van der Waals surface area (Å²) in [6, 6.07) is 1.57. The van der Waals surface area contributed by atoms with Crippen molar-refractivity contribution < 1.29 is 24.0 Å². The average Bonchev–Trinajstić information content (AvgIpc) is 3.06. The van der Waals surface area contributed by atoms with E-state index in [1.807, 2.05) is 0 Å². The lowest BCUT2D eigenvalue weighted by molar-refractivity contribution is -0.145. The fourth-order valence-corrected chi connectivity index (χ4v) is 1.67. The molecule has 1 heterocycles. The average molecular weight is 268 g/mol. The van der Waals surface area contributed by atoms with Crippen molar-refractivity contribution in [3.63, 3.8) is 0 Å². The maximum atomic E-state index is 11.9. The molecule has 1 amide bonds. The van der Waals surface area contributed by atoms with E-state index in [4.69, 9.17) is 14.4 Å². The molecular weight excluding hydrogens is 252 g/mol. The van der Waals surface area contributed by atoms with Gasteiger partial charge in [-0.15, -0.1) is 0 Å². The Morgan fingerprint density at radius 1 is 1.58 bits per heavy atom. The molecule has 1 aromatic rings. The molecule has 7 heteroatoms. The van der Waals surface area contributed by atoms with E-state index in [0.29, 0.717) is 18.2 Å². The lowest BCUT2D eigenvalue weighted by Crippen LogP contribution is -2.40. The second kappa shape index (κ2) is 5.73. The Balaban J connectivity index is 1.85. The molecule has 1 fully saturated rings. The Morgan fingerprint density at radius 2 is 2.32 bits per heavy atom. The van der Waals surface area contributed by atoms with Crippen molar-refractivity contribution in [3.05, 3.63) is 11.8 Å². The van der Waals surface area contributed by atoms with E-state index in [9.17, 15) is 9.59 Å². The number of rotatable bonds is 7. The fourth-order valence-electron chi connectivity index (χ4n) is 1.67. The van der Waals surface area contributed by atoms with Crippen LogP contribution in [0.15, 0.2) is 10.6 Å². The van der Waals surface area contributed by atoms with Crippen LogP contribution in [0.3, 0.4) is 0 Å². The first kappa shape index (κ1) is 13.4. The van der Waals surface area contributed by atoms with Crippen molar-refractivity contribution in [2.45, 2.75) is 19.8 Å². The number of hydrogen-bond donors (Lipinski definition) is 1. The standard InChI is InChI=1S/C12H16N2O5/c1-8-4-10(13-19-8)18-7-11(15)14(6-12(16)17)5-9-2-3-9/h4,9H,2-3,5-7H2,1H3,(H,16,17). The van der Waals surface area contributed by atoms with Gasteiger partial charge in [0.1, 0.15) is 12.3 Å². The topological polar surface area (TPSA) is 92.9 Å². The summed E-state index contributed by atoms with van der Waals surface area (Å²) in [4.78, 5) is 23.9. The number of carboxylic acids is 1. The fraction of sp³-hybridized carbons (Fsp3) is 0.583. The molecule has 0 saturated heterocycles. The summed E-state index contributed by atoms with van der Waals surface area (Å²) in [5.41, 5.74) is 0. The summed E-state index contributed by atoms with van der Waals surface area (Å²) in [6.07, 6.45) is 2.10. The molecule has 0 unspecified atom stereocenters. The highest BCUT2D eigenvalue weighted by atomic mass is 16.5. The Morgan fingerprint density at radius 3 is 2.84 bits per heavy atom. The number of aryl methyl sites for hydroxylation is 1. The maximum Gasteiger partial charge on any atom is 0.323 e. The van der Waals surface area contributed by atoms with Gasteiger partial charge < -0.3 is 19.3 Å². The predicted molar refractivity (Wildman–Crippen MR) is 63.7 cm³/mol. The molecule has 0 radical (unpaired) electrons. The van der Waals surface area contributed by atoms with Gasteiger partial charge in [-0.25, -0.2) is 0 Å². The summed E-state index contributed by atoms with van der Waals surface area (Å²) in [5.74, 6) is -0.130. The summed E-state index contributed by atoms with van der Waals surface area (Å²) in [6.45, 7) is 1.67. The first-order chi connectivity index (χ1) is 9.04. The molecule has 0 aromatic carbocycles. The number of carbonyl (C=O) groups excluding carboxylic acids is 1. The van der Waals surface area contributed by atoms with Crippen LogP contribution in [0.5, 0.6) is 5.88 Å². The van der Waals surface area contributed by atoms with Crippen LogP contribution < -0.4 is 4.74 Å². The van der Waals surface area contributed by atoms with Gasteiger partial charge in [0.05, 0.1) is 0 Å². The molecule has 7 nitrogen and oxygen atoms in total. The van der Waals surface area contributed by atoms with Gasteiger partial charge in [-0.2, -0.15) is 0 Å². The van der Waals surface area contributed by atoms with E-state index >= 15 is 0 Å². The third-order valence-electron chi connectivity index (χ3n) is 2.80. The van der Waals surface area contributed by atoms with E-state index in [0.717, 1.165) is 12.8 Å². The van der Waals surface area contributed by atoms with Gasteiger partial charge in [0.2, 0.25) is 0 Å². The minimum Gasteiger partial charge on any atom is -0.480 e. The Bertz CT molecular complexity index is 466. The number of carbonyl (C=O) groups is 2. The number of carboxylic acid groups (broad SMARTS) is 1. The molecule has 1 aromatic heterocycles. The lowest BCUT2D eigenvalue weighted by Gasteiger charge is -2.20. The molecule has 2 rings (SSSR count). The van der Waals surface area contributed by atoms with Crippen molar-refractivity contribution in [1.29, 1.82) is 0 Å². The lowest BCUT2D eigenvalue weighted by atomic mass is 10.3. The smallest absolute Gasteiger partial charge is 0.323 e. The summed E-state index contributed by atoms with van der Waals surface area (Å²) < 4.78 is 9.97. The van der Waals surface area contributed by atoms with E-state index in [-0.39, 0.29) is 24.9 Å². The van der Waals surface area contributed by atoms with E-state index in [2.05, 4.69) is 5.16 Å². The van der Waals surface area contributed by atoms with Crippen LogP contribution in [-0.4, -0.2) is 46.7 Å². The molecular formula is C12H16N2O5. The maximum absolute atomic E-state index is 11.9. The van der Waals surface area contributed by atoms with Crippen LogP contribution in [0, 0.1) is 12.8 Å². The number of ether oxygens (including phenoxy) is 1. The largest absolute Gasteiger partial charge is 0.480 e. The van der Waals surface area contributed by atoms with Gasteiger partial charge in [-0.05, 0) is 30.8 Å². The van der Waals surface area contributed by atoms with Crippen LogP contribution in [0.1, 0.15) is 18.6 Å². The van der Waals surface area contributed by atoms with Crippen LogP contribution in [0.4, 0.5) is 0 Å². The zero-order valence-electron chi connectivity index (χ0n) is 10.7. The van der Waals surface area contributed by atoms with Crippen molar-refractivity contribution >= 4 is 11.9 Å². The van der Waals surface area contributed by atoms with Crippen molar-refractivity contribution in [2.24, 2.45) is 5.92 Å². The zero-order chi connectivity index (χ0) is 13.8. The van der Waals surface area contributed by atoms with Gasteiger partial charge in [0.25, 0.3) is 11.8 Å². The highest BCUT2D eigenvalue weighted by molar-refractivity contribution is 5.82. The molecule has 0 spiro atoms. The zero-order valence-corrected chi connectivity index (χ0v) is 10.7. The second-order valence-corrected chi connectivity index (χ2v) is 4.68. The van der Waals surface area contributed by atoms with Gasteiger partial charge in [-0.3, -0.25) is 9.59 Å². The first-order valence-corrected chi connectivity index (χ1v) is 6.10. The predicted octanol–water partition coefficient (Wildman–Crippen LogP) is 0.685. The van der Waals surface area contributed by atoms with Gasteiger partial charge >= 0.3 is 5.97 Å². The third kappa shape index (κ3) is 4.27. The van der Waals surface area contributed by atoms with Crippen molar-refractivity contribution in [3.8, 4) is 5.88 Å². The molecule has 104 valence electrons. The van der Waals surface area contributed by atoms with Crippen LogP contribution in [0.2, 0.25) is 0 Å². The summed E-state index contributed by atoms with van der Waals surface area (Å²) in [7, 11) is 0. The number of nitrogens with zero attached hydrogens (tertiary/aromatic N) is 2. The van der Waals surface area contributed by atoms with Gasteiger partial charge in [0, 0.05) is 12.6 Å². The van der Waals surface area contributed by atoms with E-state index in [1.165, 1.54) is 4.90 Å². The number of aliphatic carboxylic acids is 1. The molecule has 1 aliphatic rings. The normalized spacial score (nSPS) is 14.2. The van der Waals surface area contributed by atoms with E-state index in [1.54, 1.807) is 13.0 Å². The molecule has 19 heavy (non-hydrogen) atoms. The van der Waals surface area contributed by atoms with Crippen molar-refractivity contribution in [2.75, 3.05) is 19.7 Å². The molecule has 0 bridgehead atoms. The van der Waals surface area contributed by atoms with Crippen molar-refractivity contribution in [1.82, 2.24) is 10.1 Å². The Hall–Kier alpha value is -2.05. The molecule has 1 aliphatic carbocycles.